The maximum absolute atomic E-state index is 15.0. The number of hydrogen-bond acceptors (Lipinski definition) is 4. The highest BCUT2D eigenvalue weighted by Gasteiger charge is 2.59. The molecule has 1 aliphatic carbocycles. The predicted octanol–water partition coefficient (Wildman–Crippen LogP) is 13.1. The quantitative estimate of drug-likeness (QED) is 0.0339. The molecule has 0 bridgehead atoms. The van der Waals surface area contributed by atoms with Crippen LogP contribution < -0.4 is 10.6 Å². The summed E-state index contributed by atoms with van der Waals surface area (Å²) in [7, 11) is 0. The maximum atomic E-state index is 15.0. The number of hydrogen-bond donors (Lipinski definition) is 4. The van der Waals surface area contributed by atoms with Gasteiger partial charge in [-0.15, -0.1) is 0 Å². The van der Waals surface area contributed by atoms with Gasteiger partial charge in [-0.2, -0.15) is 0 Å². The molecule has 5 rings (SSSR count). The molecule has 2 atom stereocenters. The van der Waals surface area contributed by atoms with Crippen molar-refractivity contribution in [3.05, 3.63) is 96.1 Å². The molecule has 0 aliphatic heterocycles. The van der Waals surface area contributed by atoms with Gasteiger partial charge in [0.05, 0.1) is 23.3 Å². The zero-order chi connectivity index (χ0) is 42.1. The Hall–Kier alpha value is -3.74. The molecule has 6 nitrogen and oxygen atoms in total. The van der Waals surface area contributed by atoms with Crippen molar-refractivity contribution in [2.75, 3.05) is 0 Å². The lowest BCUT2D eigenvalue weighted by atomic mass is 9.78. The molecular formula is C53H76N2O4. The van der Waals surface area contributed by atoms with E-state index in [4.69, 9.17) is 0 Å². The Labute approximate surface area is 356 Å². The number of unbranched alkanes of at least 4 members (excludes halogenated alkanes) is 12. The monoisotopic (exact) mass is 805 g/mol. The highest BCUT2D eigenvalue weighted by Crippen LogP contribution is 2.49. The molecule has 0 heterocycles. The molecule has 4 aromatic rings. The zero-order valence-corrected chi connectivity index (χ0v) is 37.0. The van der Waals surface area contributed by atoms with Crippen molar-refractivity contribution in [3.63, 3.8) is 0 Å². The molecule has 2 amide bonds. The van der Waals surface area contributed by atoms with Crippen LogP contribution >= 0.6 is 0 Å². The van der Waals surface area contributed by atoms with E-state index >= 15 is 9.59 Å². The van der Waals surface area contributed by atoms with Crippen LogP contribution in [0, 0.1) is 5.41 Å². The topological polar surface area (TPSA) is 98.7 Å². The largest absolute Gasteiger partial charge is 0.387 e. The maximum Gasteiger partial charge on any atom is 0.236 e. The summed E-state index contributed by atoms with van der Waals surface area (Å²) in [6, 6.07) is 27.3. The second kappa shape index (κ2) is 22.7. The van der Waals surface area contributed by atoms with Crippen LogP contribution in [0.3, 0.4) is 0 Å². The van der Waals surface area contributed by atoms with Gasteiger partial charge in [-0.3, -0.25) is 9.59 Å². The van der Waals surface area contributed by atoms with Crippen molar-refractivity contribution in [2.24, 2.45) is 5.41 Å². The lowest BCUT2D eigenvalue weighted by Crippen LogP contribution is -2.53. The average molecular weight is 805 g/mol. The van der Waals surface area contributed by atoms with Gasteiger partial charge in [0.1, 0.15) is 5.41 Å². The molecule has 4 aromatic carbocycles. The molecule has 1 aliphatic rings. The summed E-state index contributed by atoms with van der Waals surface area (Å²) >= 11 is 0. The van der Waals surface area contributed by atoms with Crippen molar-refractivity contribution in [1.29, 1.82) is 0 Å². The normalized spacial score (nSPS) is 14.9. The van der Waals surface area contributed by atoms with Crippen molar-refractivity contribution in [2.45, 2.75) is 192 Å². The molecule has 1 fully saturated rings. The van der Waals surface area contributed by atoms with E-state index in [0.717, 1.165) is 135 Å². The lowest BCUT2D eigenvalue weighted by Gasteiger charge is -2.40. The summed E-state index contributed by atoms with van der Waals surface area (Å²) in [4.78, 5) is 30.0. The van der Waals surface area contributed by atoms with E-state index in [2.05, 4.69) is 74.7 Å². The number of nitrogens with one attached hydrogen (secondary N) is 2. The molecule has 0 saturated heterocycles. The molecule has 0 aromatic heterocycles. The van der Waals surface area contributed by atoms with E-state index in [1.54, 1.807) is 0 Å². The number of carbonyl (C=O) groups is 2. The Bertz CT molecular complexity index is 1730. The third-order valence-electron chi connectivity index (χ3n) is 13.4. The van der Waals surface area contributed by atoms with Gasteiger partial charge < -0.3 is 20.8 Å². The van der Waals surface area contributed by atoms with Gasteiger partial charge >= 0.3 is 0 Å². The third kappa shape index (κ3) is 12.0. The Morgan fingerprint density at radius 1 is 0.492 bits per heavy atom. The summed E-state index contributed by atoms with van der Waals surface area (Å²) in [5.74, 6) is -0.667. The number of amides is 2. The Kier molecular flexibility index (Phi) is 17.9. The first-order valence-electron chi connectivity index (χ1n) is 23.7. The van der Waals surface area contributed by atoms with Crippen LogP contribution in [0.15, 0.2) is 84.9 Å². The highest BCUT2D eigenvalue weighted by molar-refractivity contribution is 6.08. The van der Waals surface area contributed by atoms with E-state index in [0.29, 0.717) is 38.5 Å². The molecule has 0 unspecified atom stereocenters. The third-order valence-corrected chi connectivity index (χ3v) is 13.4. The molecule has 0 spiro atoms. The SMILES string of the molecule is CCCCCCC(O)(CCCCCC)[C@@H](NC(=O)C1(C(=O)N[C@@H](c2cccc3ccccc23)C(O)(CCCCCC)CCCCCC)CC1)c1cccc2ccccc12. The van der Waals surface area contributed by atoms with E-state index in [1.807, 2.05) is 48.5 Å². The number of aliphatic hydroxyl groups is 2. The summed E-state index contributed by atoms with van der Waals surface area (Å²) in [5.41, 5.74) is -1.90. The Morgan fingerprint density at radius 3 is 1.14 bits per heavy atom. The average Bonchev–Trinajstić information content (AvgIpc) is 4.08. The van der Waals surface area contributed by atoms with Crippen molar-refractivity contribution < 1.29 is 19.8 Å². The summed E-state index contributed by atoms with van der Waals surface area (Å²) in [5, 5.41) is 36.8. The van der Waals surface area contributed by atoms with E-state index in [9.17, 15) is 10.2 Å². The predicted molar refractivity (Wildman–Crippen MR) is 246 cm³/mol. The van der Waals surface area contributed by atoms with Crippen molar-refractivity contribution >= 4 is 33.4 Å². The molecule has 59 heavy (non-hydrogen) atoms. The van der Waals surface area contributed by atoms with Gasteiger partial charge in [0, 0.05) is 0 Å². The van der Waals surface area contributed by atoms with Gasteiger partial charge in [-0.25, -0.2) is 0 Å². The summed E-state index contributed by atoms with van der Waals surface area (Å²) in [6.07, 6.45) is 19.4. The fraction of sp³-hybridized carbons (Fsp3) is 0.585. The molecule has 4 N–H and O–H groups in total. The molecule has 1 saturated carbocycles. The van der Waals surface area contributed by atoms with Crippen LogP contribution in [0.25, 0.3) is 21.5 Å². The van der Waals surface area contributed by atoms with Crippen LogP contribution in [0.2, 0.25) is 0 Å². The Morgan fingerprint density at radius 2 is 0.814 bits per heavy atom. The second-order valence-electron chi connectivity index (χ2n) is 18.0. The second-order valence-corrected chi connectivity index (χ2v) is 18.0. The number of benzene rings is 4. The summed E-state index contributed by atoms with van der Waals surface area (Å²) in [6.45, 7) is 8.78. The fourth-order valence-corrected chi connectivity index (χ4v) is 9.49. The van der Waals surface area contributed by atoms with Crippen LogP contribution in [0.5, 0.6) is 0 Å². The van der Waals surface area contributed by atoms with Gasteiger partial charge in [0.2, 0.25) is 11.8 Å². The smallest absolute Gasteiger partial charge is 0.236 e. The van der Waals surface area contributed by atoms with Gasteiger partial charge in [0.15, 0.2) is 0 Å². The number of carbonyl (C=O) groups excluding carboxylic acids is 2. The van der Waals surface area contributed by atoms with Crippen LogP contribution in [0.4, 0.5) is 0 Å². The van der Waals surface area contributed by atoms with Gasteiger partial charge in [-0.05, 0) is 71.2 Å². The molecule has 322 valence electrons. The minimum Gasteiger partial charge on any atom is -0.387 e. The fourth-order valence-electron chi connectivity index (χ4n) is 9.49. The van der Waals surface area contributed by atoms with E-state index in [1.165, 1.54) is 0 Å². The van der Waals surface area contributed by atoms with E-state index < -0.39 is 28.7 Å². The molecule has 6 heteroatoms. The molecule has 0 radical (unpaired) electrons. The number of fused-ring (bicyclic) bond motifs is 2. The van der Waals surface area contributed by atoms with Crippen LogP contribution in [-0.4, -0.2) is 33.2 Å². The Balaban J connectivity index is 1.53. The zero-order valence-electron chi connectivity index (χ0n) is 37.0. The first kappa shape index (κ1) is 46.3. The van der Waals surface area contributed by atoms with Crippen molar-refractivity contribution in [1.82, 2.24) is 10.6 Å². The van der Waals surface area contributed by atoms with Crippen LogP contribution in [0.1, 0.15) is 192 Å². The molecular weight excluding hydrogens is 729 g/mol. The minimum absolute atomic E-state index is 0.334. The van der Waals surface area contributed by atoms with Gasteiger partial charge in [0.25, 0.3) is 0 Å². The first-order chi connectivity index (χ1) is 28.7. The first-order valence-corrected chi connectivity index (χ1v) is 23.7. The number of rotatable bonds is 28. The lowest BCUT2D eigenvalue weighted by molar-refractivity contribution is -0.141. The van der Waals surface area contributed by atoms with Crippen LogP contribution in [-0.2, 0) is 9.59 Å². The van der Waals surface area contributed by atoms with Crippen molar-refractivity contribution in [3.8, 4) is 0 Å². The van der Waals surface area contributed by atoms with Gasteiger partial charge in [-0.1, -0.05) is 215 Å². The minimum atomic E-state index is -1.29. The summed E-state index contributed by atoms with van der Waals surface area (Å²) < 4.78 is 0. The highest BCUT2D eigenvalue weighted by atomic mass is 16.3. The standard InChI is InChI=1S/C53H76N2O4/c1-5-9-13-21-35-52(58,36-22-14-10-6-2)47(45-33-25-29-41-27-17-19-31-43(41)45)54-49(56)51(39-40-51)50(57)55-48(46-34-26-30-42-28-18-20-32-44(42)46)53(59,37-23-15-11-7-3)38-24-16-12-8-4/h17-20,25-34,47-48,58-59H,5-16,21-24,35-40H2,1-4H3,(H,54,56)(H,55,57)/t47-,48-/m0/s1. The van der Waals surface area contributed by atoms with E-state index in [-0.39, 0.29) is 11.8 Å².